The standard InChI is InChI=1S/C22H23N3.ClH/c1-16-3-2-11-25(16)12-10-21-14-20-13-19(8-9-22(20)24-21)18-6-4-17(15-23)5-7-18;/h4-9,13-14,16,24H,2-3,10-12H2,1H3;1H. The van der Waals surface area contributed by atoms with Crippen molar-refractivity contribution in [3.8, 4) is 17.2 Å². The van der Waals surface area contributed by atoms with Gasteiger partial charge in [-0.15, -0.1) is 12.4 Å². The van der Waals surface area contributed by atoms with E-state index in [9.17, 15) is 0 Å². The van der Waals surface area contributed by atoms with Gasteiger partial charge in [0.1, 0.15) is 0 Å². The number of aromatic amines is 1. The Morgan fingerprint density at radius 1 is 1.12 bits per heavy atom. The lowest BCUT2D eigenvalue weighted by Crippen LogP contribution is -2.29. The Morgan fingerprint density at radius 2 is 1.88 bits per heavy atom. The van der Waals surface area contributed by atoms with E-state index in [1.165, 1.54) is 41.5 Å². The van der Waals surface area contributed by atoms with Crippen LogP contribution in [0.3, 0.4) is 0 Å². The van der Waals surface area contributed by atoms with Crippen LogP contribution in [0.25, 0.3) is 22.0 Å². The maximum atomic E-state index is 8.93. The van der Waals surface area contributed by atoms with Gasteiger partial charge in [-0.1, -0.05) is 18.2 Å². The molecule has 1 atom stereocenters. The van der Waals surface area contributed by atoms with Crippen LogP contribution in [-0.4, -0.2) is 29.0 Å². The number of hydrogen-bond donors (Lipinski definition) is 1. The van der Waals surface area contributed by atoms with Crippen LogP contribution in [0.4, 0.5) is 0 Å². The fraction of sp³-hybridized carbons (Fsp3) is 0.318. The van der Waals surface area contributed by atoms with E-state index in [0.717, 1.165) is 24.6 Å². The molecule has 0 bridgehead atoms. The maximum absolute atomic E-state index is 8.93. The minimum atomic E-state index is 0. The normalized spacial score (nSPS) is 17.2. The molecular formula is C22H24ClN3. The first-order valence-corrected chi connectivity index (χ1v) is 9.09. The van der Waals surface area contributed by atoms with Crippen molar-refractivity contribution in [3.63, 3.8) is 0 Å². The molecule has 1 aromatic heterocycles. The first kappa shape index (κ1) is 18.5. The number of fused-ring (bicyclic) bond motifs is 1. The van der Waals surface area contributed by atoms with E-state index < -0.39 is 0 Å². The summed E-state index contributed by atoms with van der Waals surface area (Å²) in [6.45, 7) is 4.71. The summed E-state index contributed by atoms with van der Waals surface area (Å²) in [4.78, 5) is 6.15. The lowest BCUT2D eigenvalue weighted by molar-refractivity contribution is 0.271. The number of nitriles is 1. The van der Waals surface area contributed by atoms with E-state index in [1.807, 2.05) is 24.3 Å². The van der Waals surface area contributed by atoms with Crippen molar-refractivity contribution in [2.24, 2.45) is 0 Å². The number of nitrogens with one attached hydrogen (secondary N) is 1. The molecule has 0 amide bonds. The second-order valence-electron chi connectivity index (χ2n) is 7.06. The molecule has 2 heterocycles. The highest BCUT2D eigenvalue weighted by molar-refractivity contribution is 5.86. The van der Waals surface area contributed by atoms with E-state index in [0.29, 0.717) is 5.56 Å². The highest BCUT2D eigenvalue weighted by atomic mass is 35.5. The van der Waals surface area contributed by atoms with Gasteiger partial charge >= 0.3 is 0 Å². The van der Waals surface area contributed by atoms with Crippen LogP contribution >= 0.6 is 12.4 Å². The molecule has 1 saturated heterocycles. The predicted molar refractivity (Wildman–Crippen MR) is 110 cm³/mol. The highest BCUT2D eigenvalue weighted by Crippen LogP contribution is 2.26. The van der Waals surface area contributed by atoms with Gasteiger partial charge in [-0.3, -0.25) is 0 Å². The fourth-order valence-electron chi connectivity index (χ4n) is 3.83. The Hall–Kier alpha value is -2.28. The number of hydrogen-bond acceptors (Lipinski definition) is 2. The molecule has 2 aromatic carbocycles. The quantitative estimate of drug-likeness (QED) is 0.694. The molecule has 1 fully saturated rings. The minimum absolute atomic E-state index is 0. The maximum Gasteiger partial charge on any atom is 0.0991 e. The van der Waals surface area contributed by atoms with E-state index in [2.05, 4.69) is 47.1 Å². The SMILES string of the molecule is CC1CCCN1CCc1cc2cc(-c3ccc(C#N)cc3)ccc2[nH]1.Cl. The van der Waals surface area contributed by atoms with Gasteiger partial charge in [0.25, 0.3) is 0 Å². The van der Waals surface area contributed by atoms with Gasteiger partial charge in [-0.05, 0) is 67.8 Å². The van der Waals surface area contributed by atoms with Crippen LogP contribution in [0.5, 0.6) is 0 Å². The van der Waals surface area contributed by atoms with E-state index in [4.69, 9.17) is 5.26 Å². The van der Waals surface area contributed by atoms with Gasteiger partial charge in [-0.2, -0.15) is 5.26 Å². The Morgan fingerprint density at radius 3 is 2.58 bits per heavy atom. The Balaban J connectivity index is 0.00000196. The lowest BCUT2D eigenvalue weighted by Gasteiger charge is -2.20. The van der Waals surface area contributed by atoms with Crippen molar-refractivity contribution in [2.45, 2.75) is 32.2 Å². The van der Waals surface area contributed by atoms with Gasteiger partial charge < -0.3 is 9.88 Å². The average molecular weight is 366 g/mol. The zero-order chi connectivity index (χ0) is 17.2. The van der Waals surface area contributed by atoms with E-state index in [-0.39, 0.29) is 12.4 Å². The van der Waals surface area contributed by atoms with Gasteiger partial charge in [0.2, 0.25) is 0 Å². The molecule has 0 aliphatic carbocycles. The lowest BCUT2D eigenvalue weighted by atomic mass is 10.0. The molecule has 3 nitrogen and oxygen atoms in total. The smallest absolute Gasteiger partial charge is 0.0991 e. The molecule has 134 valence electrons. The second-order valence-corrected chi connectivity index (χ2v) is 7.06. The summed E-state index contributed by atoms with van der Waals surface area (Å²) >= 11 is 0. The van der Waals surface area contributed by atoms with Crippen LogP contribution in [0.15, 0.2) is 48.5 Å². The number of likely N-dealkylation sites (tertiary alicyclic amines) is 1. The molecule has 26 heavy (non-hydrogen) atoms. The zero-order valence-electron chi connectivity index (χ0n) is 15.0. The highest BCUT2D eigenvalue weighted by Gasteiger charge is 2.19. The molecule has 4 heteroatoms. The molecule has 1 aliphatic rings. The van der Waals surface area contributed by atoms with Gasteiger partial charge in [-0.25, -0.2) is 0 Å². The fourth-order valence-corrected chi connectivity index (χ4v) is 3.83. The van der Waals surface area contributed by atoms with Crippen LogP contribution in [0, 0.1) is 11.3 Å². The van der Waals surface area contributed by atoms with Crippen molar-refractivity contribution in [1.29, 1.82) is 5.26 Å². The van der Waals surface area contributed by atoms with Gasteiger partial charge in [0.05, 0.1) is 11.6 Å². The third kappa shape index (κ3) is 3.77. The first-order chi connectivity index (χ1) is 12.2. The van der Waals surface area contributed by atoms with Crippen LogP contribution in [-0.2, 0) is 6.42 Å². The van der Waals surface area contributed by atoms with Crippen molar-refractivity contribution in [1.82, 2.24) is 9.88 Å². The zero-order valence-corrected chi connectivity index (χ0v) is 15.9. The number of H-pyrrole nitrogens is 1. The van der Waals surface area contributed by atoms with Crippen LogP contribution < -0.4 is 0 Å². The molecule has 1 unspecified atom stereocenters. The second kappa shape index (κ2) is 7.95. The van der Waals surface area contributed by atoms with Gasteiger partial charge in [0, 0.05) is 35.6 Å². The van der Waals surface area contributed by atoms with Crippen molar-refractivity contribution in [3.05, 3.63) is 59.8 Å². The summed E-state index contributed by atoms with van der Waals surface area (Å²) in [5, 5.41) is 10.2. The summed E-state index contributed by atoms with van der Waals surface area (Å²) in [7, 11) is 0. The minimum Gasteiger partial charge on any atom is -0.358 e. The third-order valence-corrected chi connectivity index (χ3v) is 5.38. The summed E-state index contributed by atoms with van der Waals surface area (Å²) < 4.78 is 0. The Kier molecular flexibility index (Phi) is 5.66. The number of halogens is 1. The van der Waals surface area contributed by atoms with E-state index in [1.54, 1.807) is 0 Å². The van der Waals surface area contributed by atoms with Crippen molar-refractivity contribution in [2.75, 3.05) is 13.1 Å². The molecule has 3 aromatic rings. The molecule has 1 aliphatic heterocycles. The first-order valence-electron chi connectivity index (χ1n) is 9.09. The Bertz CT molecular complexity index is 921. The average Bonchev–Trinajstić information content (AvgIpc) is 3.24. The number of aromatic nitrogens is 1. The largest absolute Gasteiger partial charge is 0.358 e. The van der Waals surface area contributed by atoms with Crippen molar-refractivity contribution < 1.29 is 0 Å². The summed E-state index contributed by atoms with van der Waals surface area (Å²) in [6, 6.07) is 19.5. The number of nitrogens with zero attached hydrogens (tertiary/aromatic N) is 2. The van der Waals surface area contributed by atoms with Crippen LogP contribution in [0.2, 0.25) is 0 Å². The van der Waals surface area contributed by atoms with Crippen molar-refractivity contribution >= 4 is 23.3 Å². The van der Waals surface area contributed by atoms with Crippen LogP contribution in [0.1, 0.15) is 31.0 Å². The predicted octanol–water partition coefficient (Wildman–Crippen LogP) is 5.16. The number of benzene rings is 2. The molecule has 0 spiro atoms. The molecule has 4 rings (SSSR count). The monoisotopic (exact) mass is 365 g/mol. The topological polar surface area (TPSA) is 42.8 Å². The van der Waals surface area contributed by atoms with E-state index >= 15 is 0 Å². The molecule has 1 N–H and O–H groups in total. The number of rotatable bonds is 4. The van der Waals surface area contributed by atoms with Gasteiger partial charge in [0.15, 0.2) is 0 Å². The Labute approximate surface area is 161 Å². The molecular weight excluding hydrogens is 342 g/mol. The summed E-state index contributed by atoms with van der Waals surface area (Å²) in [6.07, 6.45) is 3.74. The third-order valence-electron chi connectivity index (χ3n) is 5.38. The molecule has 0 radical (unpaired) electrons. The summed E-state index contributed by atoms with van der Waals surface area (Å²) in [5.74, 6) is 0. The molecule has 0 saturated carbocycles. The summed E-state index contributed by atoms with van der Waals surface area (Å²) in [5.41, 5.74) is 5.54.